The highest BCUT2D eigenvalue weighted by Crippen LogP contribution is 2.65. The first kappa shape index (κ1) is 20.0. The van der Waals surface area contributed by atoms with Gasteiger partial charge in [0.25, 0.3) is 0 Å². The number of ether oxygens (including phenoxy) is 2. The first-order chi connectivity index (χ1) is 14.8. The average Bonchev–Trinajstić information content (AvgIpc) is 3.45. The second-order valence-corrected chi connectivity index (χ2v) is 10.9. The molecule has 6 rings (SSSR count). The van der Waals surface area contributed by atoms with Crippen molar-refractivity contribution in [1.29, 1.82) is 0 Å². The van der Waals surface area contributed by atoms with E-state index in [9.17, 15) is 15.0 Å². The lowest BCUT2D eigenvalue weighted by Crippen LogP contribution is -2.78. The predicted molar refractivity (Wildman–Crippen MR) is 114 cm³/mol. The van der Waals surface area contributed by atoms with Crippen molar-refractivity contribution in [2.75, 3.05) is 19.7 Å². The van der Waals surface area contributed by atoms with Gasteiger partial charge in [0, 0.05) is 31.2 Å². The van der Waals surface area contributed by atoms with Crippen LogP contribution in [0.5, 0.6) is 11.5 Å². The molecule has 2 heterocycles. The number of nitrogens with zero attached hydrogens (tertiary/aromatic N) is 1. The number of Topliss-reactive ketones (excluding diaryl/α,β-unsaturated/α-hetero) is 1. The lowest BCUT2D eigenvalue weighted by Gasteiger charge is -2.63. The van der Waals surface area contributed by atoms with Crippen LogP contribution in [0.4, 0.5) is 0 Å². The fraction of sp³-hybridized carbons (Fsp3) is 0.720. The minimum absolute atomic E-state index is 0.0553. The van der Waals surface area contributed by atoms with Crippen molar-refractivity contribution in [2.45, 2.75) is 81.6 Å². The topological polar surface area (TPSA) is 79.2 Å². The summed E-state index contributed by atoms with van der Waals surface area (Å²) in [7, 11) is 0. The third-order valence-corrected chi connectivity index (χ3v) is 8.60. The zero-order valence-electron chi connectivity index (χ0n) is 18.5. The van der Waals surface area contributed by atoms with Crippen LogP contribution in [0.2, 0.25) is 0 Å². The third kappa shape index (κ3) is 2.64. The van der Waals surface area contributed by atoms with Gasteiger partial charge in [-0.15, -0.1) is 0 Å². The van der Waals surface area contributed by atoms with Gasteiger partial charge in [-0.25, -0.2) is 0 Å². The third-order valence-electron chi connectivity index (χ3n) is 8.60. The number of phenols is 1. The van der Waals surface area contributed by atoms with E-state index in [2.05, 4.69) is 18.7 Å². The van der Waals surface area contributed by atoms with E-state index in [1.165, 1.54) is 12.8 Å². The van der Waals surface area contributed by atoms with Crippen LogP contribution in [0.15, 0.2) is 12.1 Å². The number of rotatable bonds is 6. The summed E-state index contributed by atoms with van der Waals surface area (Å²) in [5.74, 6) is 1.61. The molecule has 6 heteroatoms. The Labute approximate surface area is 183 Å². The summed E-state index contributed by atoms with van der Waals surface area (Å²) in [5.41, 5.74) is 0.107. The largest absolute Gasteiger partial charge is 0.504 e. The van der Waals surface area contributed by atoms with Crippen LogP contribution >= 0.6 is 0 Å². The summed E-state index contributed by atoms with van der Waals surface area (Å²) >= 11 is 0. The molecule has 0 radical (unpaired) electrons. The smallest absolute Gasteiger partial charge is 0.203 e. The lowest BCUT2D eigenvalue weighted by atomic mass is 9.48. The van der Waals surface area contributed by atoms with E-state index in [1.54, 1.807) is 6.07 Å². The standard InChI is InChI=1S/C25H33NO5/c1-14(2)7-10-30-18-12-25(29)19-11-16-5-6-17(27)22-20(16)24(25,23(31-22)21(18)28)8-9-26(19)13-15-3-4-15/h5-6,14-15,18-19,23,27,29H,3-4,7-13H2,1-2H3/t18-,19-,23+,24+,25-/m1/s1. The van der Waals surface area contributed by atoms with Crippen LogP contribution in [-0.4, -0.2) is 64.4 Å². The molecule has 5 atom stereocenters. The SMILES string of the molecule is CC(C)CCO[C@@H]1C[C@@]2(O)[C@H]3Cc4ccc(O)c5c4[C@@]2(CCN3CC2CC2)[C@@H](O5)C1=O. The summed E-state index contributed by atoms with van der Waals surface area (Å²) in [6.07, 6.45) is 3.67. The molecular formula is C25H33NO5. The number of ketones is 1. The maximum atomic E-state index is 13.6. The number of benzene rings is 1. The quantitative estimate of drug-likeness (QED) is 0.727. The zero-order valence-corrected chi connectivity index (χ0v) is 18.5. The number of carbonyl (C=O) groups is 1. The van der Waals surface area contributed by atoms with E-state index in [-0.39, 0.29) is 17.6 Å². The summed E-state index contributed by atoms with van der Waals surface area (Å²) in [4.78, 5) is 16.1. The highest BCUT2D eigenvalue weighted by atomic mass is 16.5. The Morgan fingerprint density at radius 3 is 2.87 bits per heavy atom. The first-order valence-corrected chi connectivity index (χ1v) is 12.0. The predicted octanol–water partition coefficient (Wildman–Crippen LogP) is 2.57. The Morgan fingerprint density at radius 1 is 1.32 bits per heavy atom. The van der Waals surface area contributed by atoms with Gasteiger partial charge in [0.1, 0.15) is 6.10 Å². The molecule has 6 nitrogen and oxygen atoms in total. The van der Waals surface area contributed by atoms with Crippen molar-refractivity contribution in [1.82, 2.24) is 4.90 Å². The zero-order chi connectivity index (χ0) is 21.5. The van der Waals surface area contributed by atoms with E-state index in [4.69, 9.17) is 9.47 Å². The summed E-state index contributed by atoms with van der Waals surface area (Å²) in [6, 6.07) is 3.58. The molecule has 1 spiro atoms. The van der Waals surface area contributed by atoms with Gasteiger partial charge < -0.3 is 19.7 Å². The van der Waals surface area contributed by atoms with Crippen molar-refractivity contribution in [3.63, 3.8) is 0 Å². The van der Waals surface area contributed by atoms with Crippen LogP contribution in [0.1, 0.15) is 57.1 Å². The summed E-state index contributed by atoms with van der Waals surface area (Å²) in [5, 5.41) is 23.0. The molecule has 3 aliphatic carbocycles. The van der Waals surface area contributed by atoms with Crippen LogP contribution in [-0.2, 0) is 21.4 Å². The van der Waals surface area contributed by atoms with Crippen LogP contribution in [0, 0.1) is 11.8 Å². The summed E-state index contributed by atoms with van der Waals surface area (Å²) < 4.78 is 12.3. The molecule has 0 unspecified atom stereocenters. The van der Waals surface area contributed by atoms with Gasteiger partial charge in [-0.3, -0.25) is 9.69 Å². The number of hydrogen-bond donors (Lipinski definition) is 2. The van der Waals surface area contributed by atoms with E-state index in [0.29, 0.717) is 31.1 Å². The molecule has 2 N–H and O–H groups in total. The average molecular weight is 428 g/mol. The van der Waals surface area contributed by atoms with Crippen molar-refractivity contribution in [2.24, 2.45) is 11.8 Å². The highest BCUT2D eigenvalue weighted by molar-refractivity contribution is 5.93. The first-order valence-electron chi connectivity index (χ1n) is 12.0. The Kier molecular flexibility index (Phi) is 4.32. The summed E-state index contributed by atoms with van der Waals surface area (Å²) in [6.45, 7) is 6.64. The molecule has 1 aromatic carbocycles. The Hall–Kier alpha value is -1.63. The number of likely N-dealkylation sites (tertiary alicyclic amines) is 1. The monoisotopic (exact) mass is 427 g/mol. The maximum absolute atomic E-state index is 13.6. The number of aromatic hydroxyl groups is 1. The van der Waals surface area contributed by atoms with E-state index in [1.807, 2.05) is 6.07 Å². The lowest BCUT2D eigenvalue weighted by molar-refractivity contribution is -0.209. The van der Waals surface area contributed by atoms with Gasteiger partial charge in [0.15, 0.2) is 17.6 Å². The molecule has 0 amide bonds. The number of aliphatic hydroxyl groups is 1. The van der Waals surface area contributed by atoms with Gasteiger partial charge in [0.2, 0.25) is 5.78 Å². The molecule has 1 aromatic rings. The van der Waals surface area contributed by atoms with E-state index in [0.717, 1.165) is 43.0 Å². The number of phenolic OH excluding ortho intramolecular Hbond substituents is 1. The molecule has 2 saturated carbocycles. The molecule has 2 aliphatic heterocycles. The second kappa shape index (κ2) is 6.69. The van der Waals surface area contributed by atoms with Crippen LogP contribution in [0.3, 0.4) is 0 Å². The fourth-order valence-corrected chi connectivity index (χ4v) is 6.85. The maximum Gasteiger partial charge on any atom is 0.203 e. The Balaban J connectivity index is 1.44. The minimum Gasteiger partial charge on any atom is -0.504 e. The second-order valence-electron chi connectivity index (χ2n) is 10.9. The van der Waals surface area contributed by atoms with Gasteiger partial charge in [-0.2, -0.15) is 0 Å². The molecule has 168 valence electrons. The van der Waals surface area contributed by atoms with Crippen molar-refractivity contribution < 1.29 is 24.5 Å². The van der Waals surface area contributed by atoms with E-state index >= 15 is 0 Å². The fourth-order valence-electron chi connectivity index (χ4n) is 6.85. The van der Waals surface area contributed by atoms with Gasteiger partial charge >= 0.3 is 0 Å². The minimum atomic E-state index is -1.10. The van der Waals surface area contributed by atoms with Gasteiger partial charge in [0.05, 0.1) is 11.0 Å². The number of hydrogen-bond acceptors (Lipinski definition) is 6. The van der Waals surface area contributed by atoms with Crippen LogP contribution in [0.25, 0.3) is 0 Å². The molecular weight excluding hydrogens is 394 g/mol. The number of carbonyl (C=O) groups excluding carboxylic acids is 1. The highest BCUT2D eigenvalue weighted by Gasteiger charge is 2.75. The molecule has 3 fully saturated rings. The molecule has 31 heavy (non-hydrogen) atoms. The van der Waals surface area contributed by atoms with Gasteiger partial charge in [-0.05, 0) is 62.1 Å². The molecule has 1 saturated heterocycles. The van der Waals surface area contributed by atoms with Crippen molar-refractivity contribution in [3.05, 3.63) is 23.3 Å². The molecule has 5 aliphatic rings. The Morgan fingerprint density at radius 2 is 2.13 bits per heavy atom. The molecule has 2 bridgehead atoms. The van der Waals surface area contributed by atoms with Gasteiger partial charge in [-0.1, -0.05) is 19.9 Å². The number of piperidine rings is 1. The normalized spacial score (nSPS) is 38.3. The molecule has 0 aromatic heterocycles. The van der Waals surface area contributed by atoms with Crippen molar-refractivity contribution >= 4 is 5.78 Å². The van der Waals surface area contributed by atoms with Crippen LogP contribution < -0.4 is 4.74 Å². The Bertz CT molecular complexity index is 927. The van der Waals surface area contributed by atoms with Crippen molar-refractivity contribution in [3.8, 4) is 11.5 Å². The van der Waals surface area contributed by atoms with E-state index < -0.39 is 23.2 Å².